The molecule has 2 atom stereocenters. The molecule has 2 fully saturated rings. The molecule has 0 aliphatic carbocycles. The fraction of sp³-hybridized carbons (Fsp3) is 0.650. The van der Waals surface area contributed by atoms with Crippen LogP contribution in [0.3, 0.4) is 0 Å². The molecule has 0 spiro atoms. The first-order valence-electron chi connectivity index (χ1n) is 9.49. The number of nitrogens with zero attached hydrogens (tertiary/aromatic N) is 1. The Bertz CT molecular complexity index is 529. The standard InChI is InChI=1S/C20H30N2O3/c1-2-25-19-15-24-14-18(19)21-20(23)12-16-8-10-22(11-9-16)13-17-6-4-3-5-7-17/h3-7,16,18-19H,2,8-15H2,1H3,(H,21,23)/t18-,19-/m0/s1. The van der Waals surface area contributed by atoms with Crippen molar-refractivity contribution in [2.75, 3.05) is 32.9 Å². The van der Waals surface area contributed by atoms with E-state index in [1.165, 1.54) is 5.56 Å². The number of hydrogen-bond acceptors (Lipinski definition) is 4. The van der Waals surface area contributed by atoms with Crippen molar-refractivity contribution in [2.24, 2.45) is 5.92 Å². The summed E-state index contributed by atoms with van der Waals surface area (Å²) >= 11 is 0. The molecule has 138 valence electrons. The normalized spacial score (nSPS) is 25.2. The lowest BCUT2D eigenvalue weighted by Crippen LogP contribution is -2.44. The summed E-state index contributed by atoms with van der Waals surface area (Å²) in [5, 5.41) is 3.11. The maximum atomic E-state index is 12.4. The van der Waals surface area contributed by atoms with E-state index < -0.39 is 0 Å². The van der Waals surface area contributed by atoms with Crippen LogP contribution in [0.15, 0.2) is 30.3 Å². The number of benzene rings is 1. The first-order valence-corrected chi connectivity index (χ1v) is 9.49. The summed E-state index contributed by atoms with van der Waals surface area (Å²) in [5.41, 5.74) is 1.36. The predicted octanol–water partition coefficient (Wildman–Crippen LogP) is 2.21. The molecular weight excluding hydrogens is 316 g/mol. The Balaban J connectivity index is 1.37. The van der Waals surface area contributed by atoms with Crippen molar-refractivity contribution in [3.63, 3.8) is 0 Å². The van der Waals surface area contributed by atoms with Crippen LogP contribution in [0.4, 0.5) is 0 Å². The Labute approximate surface area is 150 Å². The zero-order valence-electron chi connectivity index (χ0n) is 15.2. The van der Waals surface area contributed by atoms with Gasteiger partial charge in [-0.2, -0.15) is 0 Å². The van der Waals surface area contributed by atoms with Gasteiger partial charge in [0.1, 0.15) is 6.10 Å². The third-order valence-electron chi connectivity index (χ3n) is 5.19. The highest BCUT2D eigenvalue weighted by Crippen LogP contribution is 2.22. The molecule has 2 aliphatic rings. The second-order valence-corrected chi connectivity index (χ2v) is 7.11. The van der Waals surface area contributed by atoms with Gasteiger partial charge in [-0.15, -0.1) is 0 Å². The minimum Gasteiger partial charge on any atom is -0.376 e. The van der Waals surface area contributed by atoms with Gasteiger partial charge in [0.25, 0.3) is 0 Å². The van der Waals surface area contributed by atoms with Crippen LogP contribution in [0.2, 0.25) is 0 Å². The van der Waals surface area contributed by atoms with Crippen LogP contribution in [0.1, 0.15) is 31.7 Å². The average Bonchev–Trinajstić information content (AvgIpc) is 3.05. The lowest BCUT2D eigenvalue weighted by Gasteiger charge is -2.32. The van der Waals surface area contributed by atoms with Gasteiger partial charge >= 0.3 is 0 Å². The lowest BCUT2D eigenvalue weighted by molar-refractivity contribution is -0.123. The van der Waals surface area contributed by atoms with E-state index >= 15 is 0 Å². The molecule has 0 saturated carbocycles. The first-order chi connectivity index (χ1) is 12.2. The van der Waals surface area contributed by atoms with E-state index in [-0.39, 0.29) is 18.1 Å². The molecule has 2 aliphatic heterocycles. The number of piperidine rings is 1. The van der Waals surface area contributed by atoms with Crippen LogP contribution in [-0.4, -0.2) is 55.9 Å². The number of rotatable bonds is 7. The maximum Gasteiger partial charge on any atom is 0.220 e. The molecule has 5 nitrogen and oxygen atoms in total. The van der Waals surface area contributed by atoms with E-state index in [1.54, 1.807) is 0 Å². The fourth-order valence-electron chi connectivity index (χ4n) is 3.77. The Kier molecular flexibility index (Phi) is 6.84. The zero-order chi connectivity index (χ0) is 17.5. The Morgan fingerprint density at radius 1 is 1.24 bits per heavy atom. The van der Waals surface area contributed by atoms with Crippen LogP contribution in [-0.2, 0) is 20.8 Å². The van der Waals surface area contributed by atoms with Crippen LogP contribution in [0, 0.1) is 5.92 Å². The molecule has 0 bridgehead atoms. The number of hydrogen-bond donors (Lipinski definition) is 1. The molecule has 2 saturated heterocycles. The molecular formula is C20H30N2O3. The minimum absolute atomic E-state index is 0.00155. The van der Waals surface area contributed by atoms with Gasteiger partial charge in [0.2, 0.25) is 5.91 Å². The summed E-state index contributed by atoms with van der Waals surface area (Å²) in [7, 11) is 0. The van der Waals surface area contributed by atoms with Crippen LogP contribution in [0.5, 0.6) is 0 Å². The molecule has 2 heterocycles. The van der Waals surface area contributed by atoms with E-state index in [9.17, 15) is 4.79 Å². The SMILES string of the molecule is CCO[C@H]1COC[C@@H]1NC(=O)CC1CCN(Cc2ccccc2)CC1. The van der Waals surface area contributed by atoms with E-state index in [0.29, 0.717) is 32.2 Å². The Morgan fingerprint density at radius 3 is 2.72 bits per heavy atom. The quantitative estimate of drug-likeness (QED) is 0.822. The predicted molar refractivity (Wildman–Crippen MR) is 97.2 cm³/mol. The summed E-state index contributed by atoms with van der Waals surface area (Å²) in [6.45, 7) is 6.92. The summed E-state index contributed by atoms with van der Waals surface area (Å²) in [6, 6.07) is 10.6. The summed E-state index contributed by atoms with van der Waals surface area (Å²) < 4.78 is 11.1. The molecule has 1 aromatic rings. The van der Waals surface area contributed by atoms with Crippen molar-refractivity contribution in [2.45, 2.75) is 44.9 Å². The van der Waals surface area contributed by atoms with E-state index in [4.69, 9.17) is 9.47 Å². The van der Waals surface area contributed by atoms with Crippen molar-refractivity contribution < 1.29 is 14.3 Å². The van der Waals surface area contributed by atoms with Crippen molar-refractivity contribution >= 4 is 5.91 Å². The largest absolute Gasteiger partial charge is 0.376 e. The van der Waals surface area contributed by atoms with Crippen molar-refractivity contribution in [3.05, 3.63) is 35.9 Å². The molecule has 25 heavy (non-hydrogen) atoms. The van der Waals surface area contributed by atoms with Crippen molar-refractivity contribution in [3.8, 4) is 0 Å². The second kappa shape index (κ2) is 9.32. The van der Waals surface area contributed by atoms with Gasteiger partial charge in [-0.25, -0.2) is 0 Å². The summed E-state index contributed by atoms with van der Waals surface area (Å²) in [5.74, 6) is 0.626. The molecule has 1 aromatic carbocycles. The number of carbonyl (C=O) groups is 1. The van der Waals surface area contributed by atoms with Gasteiger partial charge in [-0.3, -0.25) is 9.69 Å². The van der Waals surface area contributed by atoms with Crippen LogP contribution in [0.25, 0.3) is 0 Å². The Morgan fingerprint density at radius 2 is 2.00 bits per heavy atom. The number of likely N-dealkylation sites (tertiary alicyclic amines) is 1. The molecule has 1 amide bonds. The van der Waals surface area contributed by atoms with Gasteiger partial charge in [0.05, 0.1) is 19.3 Å². The lowest BCUT2D eigenvalue weighted by atomic mass is 9.92. The highest BCUT2D eigenvalue weighted by molar-refractivity contribution is 5.76. The smallest absolute Gasteiger partial charge is 0.220 e. The molecule has 1 N–H and O–H groups in total. The number of carbonyl (C=O) groups excluding carboxylic acids is 1. The summed E-state index contributed by atoms with van der Waals surface area (Å²) in [6.07, 6.45) is 2.81. The van der Waals surface area contributed by atoms with Gasteiger partial charge in [0.15, 0.2) is 0 Å². The topological polar surface area (TPSA) is 50.8 Å². The maximum absolute atomic E-state index is 12.4. The fourth-order valence-corrected chi connectivity index (χ4v) is 3.77. The van der Waals surface area contributed by atoms with E-state index in [2.05, 4.69) is 40.5 Å². The molecule has 0 unspecified atom stereocenters. The highest BCUT2D eigenvalue weighted by atomic mass is 16.5. The first kappa shape index (κ1) is 18.4. The van der Waals surface area contributed by atoms with Gasteiger partial charge in [-0.05, 0) is 44.3 Å². The second-order valence-electron chi connectivity index (χ2n) is 7.11. The minimum atomic E-state index is 0.00155. The molecule has 0 aromatic heterocycles. The number of ether oxygens (including phenoxy) is 2. The molecule has 0 radical (unpaired) electrons. The van der Waals surface area contributed by atoms with Crippen molar-refractivity contribution in [1.82, 2.24) is 10.2 Å². The van der Waals surface area contributed by atoms with Crippen molar-refractivity contribution in [1.29, 1.82) is 0 Å². The van der Waals surface area contributed by atoms with Gasteiger partial charge in [-0.1, -0.05) is 30.3 Å². The number of amides is 1. The third-order valence-corrected chi connectivity index (χ3v) is 5.19. The number of nitrogens with one attached hydrogen (secondary N) is 1. The zero-order valence-corrected chi connectivity index (χ0v) is 15.2. The molecule has 3 rings (SSSR count). The highest BCUT2D eigenvalue weighted by Gasteiger charge is 2.31. The third kappa shape index (κ3) is 5.53. The van der Waals surface area contributed by atoms with Gasteiger partial charge < -0.3 is 14.8 Å². The summed E-state index contributed by atoms with van der Waals surface area (Å²) in [4.78, 5) is 14.8. The average molecular weight is 346 g/mol. The van der Waals surface area contributed by atoms with Crippen LogP contribution >= 0.6 is 0 Å². The van der Waals surface area contributed by atoms with E-state index in [0.717, 1.165) is 32.5 Å². The van der Waals surface area contributed by atoms with Crippen LogP contribution < -0.4 is 5.32 Å². The monoisotopic (exact) mass is 346 g/mol. The van der Waals surface area contributed by atoms with Gasteiger partial charge in [0, 0.05) is 19.6 Å². The van der Waals surface area contributed by atoms with E-state index in [1.807, 2.05) is 6.92 Å². The molecule has 5 heteroatoms. The Hall–Kier alpha value is -1.43.